The number of rotatable bonds is 4. The van der Waals surface area contributed by atoms with Gasteiger partial charge in [0.15, 0.2) is 11.6 Å². The fourth-order valence-corrected chi connectivity index (χ4v) is 10.7. The zero-order valence-corrected chi connectivity index (χ0v) is 35.6. The molecule has 4 aromatic heterocycles. The van der Waals surface area contributed by atoms with Crippen LogP contribution in [0.5, 0.6) is 0 Å². The van der Waals surface area contributed by atoms with Crippen molar-refractivity contribution >= 4 is 76.3 Å². The zero-order chi connectivity index (χ0) is 42.2. The van der Waals surface area contributed by atoms with E-state index in [4.69, 9.17) is 19.4 Å². The lowest BCUT2D eigenvalue weighted by Gasteiger charge is -2.42. The van der Waals surface area contributed by atoms with Crippen molar-refractivity contribution < 1.29 is 4.42 Å². The average molecular weight is 814 g/mol. The highest BCUT2D eigenvalue weighted by molar-refractivity contribution is 6.33. The van der Waals surface area contributed by atoms with Gasteiger partial charge < -0.3 is 8.98 Å². The van der Waals surface area contributed by atoms with Gasteiger partial charge in [0, 0.05) is 49.1 Å². The molecule has 0 bridgehead atoms. The highest BCUT2D eigenvalue weighted by Crippen LogP contribution is 2.50. The Hall–Kier alpha value is -7.57. The van der Waals surface area contributed by atoms with E-state index in [-0.39, 0.29) is 10.8 Å². The molecule has 6 heteroatoms. The molecule has 6 nitrogen and oxygen atoms in total. The second kappa shape index (κ2) is 13.0. The minimum atomic E-state index is 0.0374. The van der Waals surface area contributed by atoms with Crippen LogP contribution >= 0.6 is 0 Å². The monoisotopic (exact) mass is 813 g/mol. The number of fused-ring (bicyclic) bond motifs is 13. The maximum atomic E-state index is 6.24. The van der Waals surface area contributed by atoms with Gasteiger partial charge in [0.2, 0.25) is 5.95 Å². The number of benzene rings is 8. The molecule has 0 saturated carbocycles. The molecule has 0 fully saturated rings. The topological polar surface area (TPSA) is 61.7 Å². The second-order valence-electron chi connectivity index (χ2n) is 18.7. The summed E-state index contributed by atoms with van der Waals surface area (Å²) >= 11 is 0. The Morgan fingerprint density at radius 3 is 1.79 bits per heavy atom. The molecule has 63 heavy (non-hydrogen) atoms. The molecule has 0 amide bonds. The van der Waals surface area contributed by atoms with Crippen molar-refractivity contribution in [3.8, 4) is 34.4 Å². The molecule has 0 atom stereocenters. The fraction of sp³-hybridized carbons (Fsp3) is 0.140. The summed E-state index contributed by atoms with van der Waals surface area (Å²) in [6, 6.07) is 58.4. The molecule has 12 aromatic rings. The van der Waals surface area contributed by atoms with Gasteiger partial charge in [0.05, 0.1) is 22.1 Å². The Morgan fingerprint density at radius 1 is 0.429 bits per heavy atom. The summed E-state index contributed by atoms with van der Waals surface area (Å²) in [5, 5.41) is 9.36. The van der Waals surface area contributed by atoms with Crippen molar-refractivity contribution in [2.24, 2.45) is 0 Å². The number of nitrogens with zero attached hydrogens (tertiary/aromatic N) is 5. The predicted octanol–water partition coefficient (Wildman–Crippen LogP) is 14.8. The first-order valence-corrected chi connectivity index (χ1v) is 22.0. The molecule has 1 aliphatic carbocycles. The minimum Gasteiger partial charge on any atom is -0.456 e. The highest BCUT2D eigenvalue weighted by Gasteiger charge is 2.38. The van der Waals surface area contributed by atoms with Crippen LogP contribution in [-0.4, -0.2) is 24.1 Å². The molecule has 0 aliphatic heterocycles. The van der Waals surface area contributed by atoms with Crippen LogP contribution in [0.4, 0.5) is 0 Å². The third-order valence-electron chi connectivity index (χ3n) is 14.0. The molecule has 8 aromatic carbocycles. The number of hydrogen-bond donors (Lipinski definition) is 0. The van der Waals surface area contributed by atoms with Crippen molar-refractivity contribution in [2.75, 3.05) is 0 Å². The smallest absolute Gasteiger partial charge is 0.238 e. The molecule has 0 N–H and O–H groups in total. The van der Waals surface area contributed by atoms with E-state index in [0.29, 0.717) is 17.6 Å². The molecule has 13 rings (SSSR count). The molecule has 1 aliphatic rings. The number of furan rings is 1. The van der Waals surface area contributed by atoms with Gasteiger partial charge in [-0.25, -0.2) is 4.98 Å². The van der Waals surface area contributed by atoms with Crippen LogP contribution in [0.2, 0.25) is 0 Å². The molecule has 302 valence electrons. The molecule has 0 unspecified atom stereocenters. The first-order valence-electron chi connectivity index (χ1n) is 22.0. The Balaban J connectivity index is 1.18. The van der Waals surface area contributed by atoms with Crippen molar-refractivity contribution in [1.82, 2.24) is 24.1 Å². The Labute approximate surface area is 364 Å². The van der Waals surface area contributed by atoms with E-state index in [1.165, 1.54) is 54.5 Å². The van der Waals surface area contributed by atoms with Crippen LogP contribution in [0.25, 0.3) is 111 Å². The van der Waals surface area contributed by atoms with Gasteiger partial charge in [-0.1, -0.05) is 125 Å². The SMILES string of the molecule is CC1(C)CCC(C)(C)c2cc3c(cc21)c1c2c4c5ccccc5ccc4n(-c4nc(-c5ccccc5)nc(-c5ccc6oc7ccccc7c6c5)n4)c2ccc1n3-c1ccccc1. The number of aromatic nitrogens is 5. The van der Waals surface area contributed by atoms with Crippen molar-refractivity contribution in [1.29, 1.82) is 0 Å². The van der Waals surface area contributed by atoms with Crippen molar-refractivity contribution in [3.63, 3.8) is 0 Å². The molecular formula is C57H43N5O. The largest absolute Gasteiger partial charge is 0.456 e. The highest BCUT2D eigenvalue weighted by atomic mass is 16.3. The summed E-state index contributed by atoms with van der Waals surface area (Å²) in [5.74, 6) is 1.78. The third-order valence-corrected chi connectivity index (χ3v) is 14.0. The summed E-state index contributed by atoms with van der Waals surface area (Å²) in [6.45, 7) is 9.69. The van der Waals surface area contributed by atoms with Gasteiger partial charge in [-0.2, -0.15) is 9.97 Å². The van der Waals surface area contributed by atoms with Gasteiger partial charge in [-0.05, 0) is 112 Å². The van der Waals surface area contributed by atoms with Gasteiger partial charge >= 0.3 is 0 Å². The van der Waals surface area contributed by atoms with E-state index < -0.39 is 0 Å². The summed E-state index contributed by atoms with van der Waals surface area (Å²) in [4.78, 5) is 16.0. The average Bonchev–Trinajstić information content (AvgIpc) is 3.98. The van der Waals surface area contributed by atoms with Crippen LogP contribution in [0.1, 0.15) is 51.7 Å². The zero-order valence-electron chi connectivity index (χ0n) is 35.6. The first kappa shape index (κ1) is 36.1. The summed E-state index contributed by atoms with van der Waals surface area (Å²) in [5.41, 5.74) is 12.1. The second-order valence-corrected chi connectivity index (χ2v) is 18.7. The van der Waals surface area contributed by atoms with E-state index in [2.05, 4.69) is 164 Å². The number of para-hydroxylation sites is 2. The van der Waals surface area contributed by atoms with Crippen LogP contribution < -0.4 is 0 Å². The van der Waals surface area contributed by atoms with E-state index in [0.717, 1.165) is 62.6 Å². The van der Waals surface area contributed by atoms with Crippen LogP contribution in [0.3, 0.4) is 0 Å². The lowest BCUT2D eigenvalue weighted by Crippen LogP contribution is -2.33. The molecule has 0 saturated heterocycles. The quantitative estimate of drug-likeness (QED) is 0.178. The standard InChI is InChI=1S/C57H43N5O/c1-56(2)29-30-57(3,4)43-33-47-41(32-42(43)56)51-44(61(47)37-18-9-6-10-19-37)26-27-46-52(51)50-38-20-12-11-15-34(38)23-25-45(50)62(46)55-59-53(35-16-7-5-8-17-35)58-54(60-55)36-24-28-49-40(31-36)39-21-13-14-22-48(39)63-49/h5-28,31-33H,29-30H2,1-4H3. The van der Waals surface area contributed by atoms with Crippen LogP contribution in [0, 0.1) is 0 Å². The van der Waals surface area contributed by atoms with Gasteiger partial charge in [0.1, 0.15) is 11.2 Å². The number of hydrogen-bond acceptors (Lipinski definition) is 4. The van der Waals surface area contributed by atoms with Crippen molar-refractivity contribution in [3.05, 3.63) is 175 Å². The van der Waals surface area contributed by atoms with Gasteiger partial charge in [0.25, 0.3) is 0 Å². The maximum Gasteiger partial charge on any atom is 0.238 e. The lowest BCUT2D eigenvalue weighted by atomic mass is 9.63. The summed E-state index contributed by atoms with van der Waals surface area (Å²) < 4.78 is 11.0. The lowest BCUT2D eigenvalue weighted by molar-refractivity contribution is 0.332. The Bertz CT molecular complexity index is 3850. The normalized spacial score (nSPS) is 14.8. The summed E-state index contributed by atoms with van der Waals surface area (Å²) in [6.07, 6.45) is 2.30. The van der Waals surface area contributed by atoms with Crippen LogP contribution in [0.15, 0.2) is 168 Å². The van der Waals surface area contributed by atoms with Crippen LogP contribution in [-0.2, 0) is 10.8 Å². The van der Waals surface area contributed by atoms with E-state index in [9.17, 15) is 0 Å². The van der Waals surface area contributed by atoms with Gasteiger partial charge in [-0.3, -0.25) is 4.57 Å². The predicted molar refractivity (Wildman–Crippen MR) is 259 cm³/mol. The molecule has 4 heterocycles. The fourth-order valence-electron chi connectivity index (χ4n) is 10.7. The summed E-state index contributed by atoms with van der Waals surface area (Å²) in [7, 11) is 0. The van der Waals surface area contributed by atoms with E-state index in [1.54, 1.807) is 0 Å². The Morgan fingerprint density at radius 2 is 1.02 bits per heavy atom. The Kier molecular flexibility index (Phi) is 7.44. The molecular weight excluding hydrogens is 771 g/mol. The van der Waals surface area contributed by atoms with Crippen molar-refractivity contribution in [2.45, 2.75) is 51.4 Å². The maximum absolute atomic E-state index is 6.24. The first-order chi connectivity index (χ1) is 30.7. The minimum absolute atomic E-state index is 0.0374. The molecule has 0 radical (unpaired) electrons. The molecule has 0 spiro atoms. The van der Waals surface area contributed by atoms with Gasteiger partial charge in [-0.15, -0.1) is 0 Å². The van der Waals surface area contributed by atoms with E-state index >= 15 is 0 Å². The third kappa shape index (κ3) is 5.27. The van der Waals surface area contributed by atoms with E-state index in [1.807, 2.05) is 36.4 Å².